The predicted molar refractivity (Wildman–Crippen MR) is 114 cm³/mol. The summed E-state index contributed by atoms with van der Waals surface area (Å²) in [7, 11) is 0. The molecule has 0 atom stereocenters. The lowest BCUT2D eigenvalue weighted by Crippen LogP contribution is -2.48. The Labute approximate surface area is 175 Å². The molecule has 1 aliphatic heterocycles. The van der Waals surface area contributed by atoms with Crippen LogP contribution in [0.25, 0.3) is 0 Å². The lowest BCUT2D eigenvalue weighted by Gasteiger charge is -2.34. The first-order chi connectivity index (χ1) is 14.7. The van der Waals surface area contributed by atoms with Gasteiger partial charge in [0, 0.05) is 38.4 Å². The van der Waals surface area contributed by atoms with E-state index in [9.17, 15) is 4.79 Å². The molecule has 7 nitrogen and oxygen atoms in total. The smallest absolute Gasteiger partial charge is 0.274 e. The van der Waals surface area contributed by atoms with E-state index in [4.69, 9.17) is 5.26 Å². The Morgan fingerprint density at radius 3 is 2.47 bits per heavy atom. The van der Waals surface area contributed by atoms with Crippen molar-refractivity contribution in [2.75, 3.05) is 31.5 Å². The number of piperazine rings is 1. The summed E-state index contributed by atoms with van der Waals surface area (Å²) >= 11 is 0. The third-order valence-electron chi connectivity index (χ3n) is 5.06. The van der Waals surface area contributed by atoms with Crippen molar-refractivity contribution >= 4 is 17.4 Å². The second kappa shape index (κ2) is 9.16. The van der Waals surface area contributed by atoms with Crippen molar-refractivity contribution in [1.29, 1.82) is 5.26 Å². The van der Waals surface area contributed by atoms with E-state index in [0.717, 1.165) is 25.3 Å². The summed E-state index contributed by atoms with van der Waals surface area (Å²) in [5.41, 5.74) is 2.93. The Hall–Kier alpha value is -3.76. The van der Waals surface area contributed by atoms with Gasteiger partial charge in [0.05, 0.1) is 11.6 Å². The Balaban J connectivity index is 1.32. The van der Waals surface area contributed by atoms with Gasteiger partial charge in [0.2, 0.25) is 0 Å². The predicted octanol–water partition coefficient (Wildman–Crippen LogP) is 3.05. The maximum absolute atomic E-state index is 12.8. The molecule has 2 heterocycles. The number of benzene rings is 2. The maximum atomic E-state index is 12.8. The quantitative estimate of drug-likeness (QED) is 0.711. The summed E-state index contributed by atoms with van der Waals surface area (Å²) in [6.45, 7) is 3.92. The van der Waals surface area contributed by atoms with Gasteiger partial charge in [-0.25, -0.2) is 0 Å². The molecule has 1 amide bonds. The summed E-state index contributed by atoms with van der Waals surface area (Å²) < 4.78 is 0. The van der Waals surface area contributed by atoms with Gasteiger partial charge in [-0.15, -0.1) is 10.2 Å². The lowest BCUT2D eigenvalue weighted by molar-refractivity contribution is 0.0621. The largest absolute Gasteiger partial charge is 0.339 e. The van der Waals surface area contributed by atoms with E-state index in [1.54, 1.807) is 30.3 Å². The number of carbonyl (C=O) groups excluding carboxylic acids is 1. The monoisotopic (exact) mass is 398 g/mol. The van der Waals surface area contributed by atoms with Gasteiger partial charge in [0.25, 0.3) is 5.91 Å². The van der Waals surface area contributed by atoms with Crippen LogP contribution in [0.15, 0.2) is 66.7 Å². The first-order valence-corrected chi connectivity index (χ1v) is 9.88. The molecule has 1 aliphatic rings. The Morgan fingerprint density at radius 2 is 1.77 bits per heavy atom. The molecule has 4 rings (SSSR count). The molecule has 30 heavy (non-hydrogen) atoms. The highest BCUT2D eigenvalue weighted by molar-refractivity contribution is 5.92. The molecular weight excluding hydrogens is 376 g/mol. The number of amides is 1. The van der Waals surface area contributed by atoms with E-state index in [1.807, 2.05) is 29.2 Å². The van der Waals surface area contributed by atoms with Crippen LogP contribution in [0.1, 0.15) is 21.6 Å². The number of rotatable bonds is 5. The van der Waals surface area contributed by atoms with Crippen LogP contribution in [0, 0.1) is 11.3 Å². The number of hydrogen-bond donors (Lipinski definition) is 1. The SMILES string of the molecule is N#Cc1cccc(Nc2ccc(C(=O)N3CCN(Cc4ccccc4)CC3)nn2)c1. The van der Waals surface area contributed by atoms with Crippen LogP contribution in [-0.2, 0) is 6.54 Å². The number of nitriles is 1. The molecule has 0 bridgehead atoms. The van der Waals surface area contributed by atoms with Gasteiger partial charge in [-0.3, -0.25) is 9.69 Å². The van der Waals surface area contributed by atoms with Crippen molar-refractivity contribution in [3.05, 3.63) is 83.6 Å². The van der Waals surface area contributed by atoms with E-state index >= 15 is 0 Å². The molecule has 2 aromatic carbocycles. The summed E-state index contributed by atoms with van der Waals surface area (Å²) in [5, 5.41) is 20.3. The molecule has 0 radical (unpaired) electrons. The van der Waals surface area contributed by atoms with Crippen molar-refractivity contribution < 1.29 is 4.79 Å². The minimum atomic E-state index is -0.0973. The van der Waals surface area contributed by atoms with Crippen molar-refractivity contribution in [3.8, 4) is 6.07 Å². The van der Waals surface area contributed by atoms with Crippen LogP contribution in [0.3, 0.4) is 0 Å². The molecule has 3 aromatic rings. The van der Waals surface area contributed by atoms with Crippen molar-refractivity contribution in [1.82, 2.24) is 20.0 Å². The minimum absolute atomic E-state index is 0.0973. The number of aromatic nitrogens is 2. The lowest BCUT2D eigenvalue weighted by atomic mass is 10.2. The van der Waals surface area contributed by atoms with E-state index in [2.05, 4.69) is 38.6 Å². The topological polar surface area (TPSA) is 85.2 Å². The fraction of sp³-hybridized carbons (Fsp3) is 0.217. The number of nitrogens with one attached hydrogen (secondary N) is 1. The van der Waals surface area contributed by atoms with Crippen molar-refractivity contribution in [3.63, 3.8) is 0 Å². The highest BCUT2D eigenvalue weighted by atomic mass is 16.2. The number of anilines is 2. The number of nitrogens with zero attached hydrogens (tertiary/aromatic N) is 5. The van der Waals surface area contributed by atoms with Gasteiger partial charge in [-0.1, -0.05) is 36.4 Å². The number of carbonyl (C=O) groups is 1. The van der Waals surface area contributed by atoms with E-state index in [1.165, 1.54) is 5.56 Å². The van der Waals surface area contributed by atoms with Crippen molar-refractivity contribution in [2.45, 2.75) is 6.54 Å². The van der Waals surface area contributed by atoms with Gasteiger partial charge in [0.15, 0.2) is 11.5 Å². The third kappa shape index (κ3) is 4.80. The first kappa shape index (κ1) is 19.6. The second-order valence-corrected chi connectivity index (χ2v) is 7.18. The van der Waals surface area contributed by atoms with E-state index < -0.39 is 0 Å². The van der Waals surface area contributed by atoms with E-state index in [-0.39, 0.29) is 5.91 Å². The average molecular weight is 398 g/mol. The van der Waals surface area contributed by atoms with Crippen LogP contribution in [0.2, 0.25) is 0 Å². The Kier molecular flexibility index (Phi) is 5.97. The van der Waals surface area contributed by atoms with Crippen LogP contribution >= 0.6 is 0 Å². The average Bonchev–Trinajstić information content (AvgIpc) is 2.80. The molecule has 1 fully saturated rings. The molecule has 1 aromatic heterocycles. The third-order valence-corrected chi connectivity index (χ3v) is 5.06. The Bertz CT molecular complexity index is 1040. The molecule has 0 unspecified atom stereocenters. The van der Waals surface area contributed by atoms with Gasteiger partial charge >= 0.3 is 0 Å². The molecule has 7 heteroatoms. The van der Waals surface area contributed by atoms with Gasteiger partial charge in [-0.05, 0) is 35.9 Å². The normalized spacial score (nSPS) is 14.2. The molecule has 0 aliphatic carbocycles. The molecule has 0 saturated carbocycles. The van der Waals surface area contributed by atoms with Crippen LogP contribution < -0.4 is 5.32 Å². The summed E-state index contributed by atoms with van der Waals surface area (Å²) in [6, 6.07) is 23.0. The van der Waals surface area contributed by atoms with Crippen LogP contribution in [0.5, 0.6) is 0 Å². The molecule has 0 spiro atoms. The number of hydrogen-bond acceptors (Lipinski definition) is 6. The maximum Gasteiger partial charge on any atom is 0.274 e. The highest BCUT2D eigenvalue weighted by Crippen LogP contribution is 2.16. The first-order valence-electron chi connectivity index (χ1n) is 9.88. The fourth-order valence-electron chi connectivity index (χ4n) is 3.44. The fourth-order valence-corrected chi connectivity index (χ4v) is 3.44. The summed E-state index contributed by atoms with van der Waals surface area (Å²) in [6.07, 6.45) is 0. The van der Waals surface area contributed by atoms with Crippen LogP contribution in [0.4, 0.5) is 11.5 Å². The Morgan fingerprint density at radius 1 is 0.967 bits per heavy atom. The van der Waals surface area contributed by atoms with Crippen LogP contribution in [-0.4, -0.2) is 52.1 Å². The molecular formula is C23H22N6O. The second-order valence-electron chi connectivity index (χ2n) is 7.18. The molecule has 1 saturated heterocycles. The highest BCUT2D eigenvalue weighted by Gasteiger charge is 2.23. The zero-order chi connectivity index (χ0) is 20.8. The zero-order valence-corrected chi connectivity index (χ0v) is 16.5. The van der Waals surface area contributed by atoms with Gasteiger partial charge in [0.1, 0.15) is 0 Å². The van der Waals surface area contributed by atoms with E-state index in [0.29, 0.717) is 30.2 Å². The summed E-state index contributed by atoms with van der Waals surface area (Å²) in [4.78, 5) is 16.9. The summed E-state index contributed by atoms with van der Waals surface area (Å²) in [5.74, 6) is 0.425. The standard InChI is InChI=1S/C23H22N6O/c24-16-19-7-4-8-20(15-19)25-22-10-9-21(26-27-22)23(30)29-13-11-28(12-14-29)17-18-5-2-1-3-6-18/h1-10,15H,11-14,17H2,(H,25,27). The zero-order valence-electron chi connectivity index (χ0n) is 16.5. The van der Waals surface area contributed by atoms with Gasteiger partial charge < -0.3 is 10.2 Å². The minimum Gasteiger partial charge on any atom is -0.339 e. The molecule has 150 valence electrons. The molecule has 1 N–H and O–H groups in total. The van der Waals surface area contributed by atoms with Crippen molar-refractivity contribution in [2.24, 2.45) is 0 Å². The van der Waals surface area contributed by atoms with Gasteiger partial charge in [-0.2, -0.15) is 5.26 Å².